The number of esters is 3. The number of para-hydroxylation sites is 2. The molecule has 0 aliphatic carbocycles. The predicted molar refractivity (Wildman–Crippen MR) is 165 cm³/mol. The summed E-state index contributed by atoms with van der Waals surface area (Å²) in [7, 11) is -4.75. The first-order chi connectivity index (χ1) is 21.2. The molecule has 0 N–H and O–H groups in total. The largest absolute Gasteiger partial charge is 0.590 e. The fourth-order valence-corrected chi connectivity index (χ4v) is 5.05. The summed E-state index contributed by atoms with van der Waals surface area (Å²) in [5.74, 6) is -2.06. The molecular formula is C33H44FO11P. The Balaban J connectivity index is 2.06. The normalized spacial score (nSPS) is 22.3. The molecule has 0 aromatic heterocycles. The molecule has 0 saturated carbocycles. The minimum atomic E-state index is -4.75. The van der Waals surface area contributed by atoms with Gasteiger partial charge in [0, 0.05) is 0 Å². The van der Waals surface area contributed by atoms with Crippen LogP contribution in [-0.2, 0) is 42.4 Å². The van der Waals surface area contributed by atoms with Gasteiger partial charge in [-0.15, -0.1) is 0 Å². The Hall–Kier alpha value is -3.47. The minimum Gasteiger partial charge on any atom is -0.462 e. The number of rotatable bonds is 10. The van der Waals surface area contributed by atoms with Gasteiger partial charge in [0.25, 0.3) is 0 Å². The number of alkyl halides is 1. The van der Waals surface area contributed by atoms with E-state index in [9.17, 15) is 18.9 Å². The number of carbonyl (C=O) groups excluding carboxylic acids is 3. The Morgan fingerprint density at radius 3 is 1.52 bits per heavy atom. The molecule has 13 heteroatoms. The second-order valence-corrected chi connectivity index (χ2v) is 15.4. The monoisotopic (exact) mass is 666 g/mol. The van der Waals surface area contributed by atoms with Gasteiger partial charge in [-0.25, -0.2) is 13.5 Å². The van der Waals surface area contributed by atoms with Crippen LogP contribution >= 0.6 is 7.82 Å². The molecule has 46 heavy (non-hydrogen) atoms. The van der Waals surface area contributed by atoms with E-state index in [1.54, 1.807) is 98.7 Å². The average Bonchev–Trinajstić information content (AvgIpc) is 2.94. The molecule has 1 aliphatic rings. The lowest BCUT2D eigenvalue weighted by Crippen LogP contribution is -2.61. The Labute approximate surface area is 269 Å². The van der Waals surface area contributed by atoms with Crippen LogP contribution in [0, 0.1) is 16.2 Å². The third kappa shape index (κ3) is 10.3. The van der Waals surface area contributed by atoms with Crippen LogP contribution in [0.3, 0.4) is 0 Å². The zero-order valence-electron chi connectivity index (χ0n) is 27.7. The summed E-state index contributed by atoms with van der Waals surface area (Å²) in [5.41, 5.74) is -3.07. The third-order valence-electron chi connectivity index (χ3n) is 6.43. The summed E-state index contributed by atoms with van der Waals surface area (Å²) >= 11 is 0. The Morgan fingerprint density at radius 1 is 0.696 bits per heavy atom. The zero-order valence-corrected chi connectivity index (χ0v) is 28.6. The smallest absolute Gasteiger partial charge is 0.462 e. The molecule has 0 bridgehead atoms. The van der Waals surface area contributed by atoms with Gasteiger partial charge in [0.05, 0.1) is 16.2 Å². The molecule has 11 nitrogen and oxygen atoms in total. The van der Waals surface area contributed by atoms with Crippen LogP contribution in [0.25, 0.3) is 0 Å². The highest BCUT2D eigenvalue weighted by atomic mass is 31.2. The predicted octanol–water partition coefficient (Wildman–Crippen LogP) is 6.84. The Kier molecular flexibility index (Phi) is 11.7. The Bertz CT molecular complexity index is 1330. The van der Waals surface area contributed by atoms with Crippen molar-refractivity contribution in [2.45, 2.75) is 93.1 Å². The summed E-state index contributed by atoms with van der Waals surface area (Å²) in [6, 6.07) is 15.8. The van der Waals surface area contributed by atoms with Gasteiger partial charge in [-0.2, -0.15) is 0 Å². The van der Waals surface area contributed by atoms with Gasteiger partial charge in [0.2, 0.25) is 6.29 Å². The average molecular weight is 667 g/mol. The van der Waals surface area contributed by atoms with E-state index < -0.39 is 79.4 Å². The lowest BCUT2D eigenvalue weighted by Gasteiger charge is -2.43. The van der Waals surface area contributed by atoms with Crippen molar-refractivity contribution in [3.63, 3.8) is 0 Å². The van der Waals surface area contributed by atoms with E-state index in [-0.39, 0.29) is 11.5 Å². The molecule has 1 heterocycles. The molecule has 1 aliphatic heterocycles. The van der Waals surface area contributed by atoms with E-state index >= 15 is 4.39 Å². The molecule has 1 fully saturated rings. The van der Waals surface area contributed by atoms with Crippen molar-refractivity contribution in [2.75, 3.05) is 6.61 Å². The highest BCUT2D eigenvalue weighted by Crippen LogP contribution is 2.52. The lowest BCUT2D eigenvalue weighted by atomic mass is 9.94. The molecule has 1 saturated heterocycles. The molecule has 0 spiro atoms. The number of halogens is 1. The zero-order chi connectivity index (χ0) is 34.5. The molecule has 5 atom stereocenters. The van der Waals surface area contributed by atoms with Gasteiger partial charge in [0.1, 0.15) is 24.2 Å². The molecule has 2 aromatic rings. The first-order valence-corrected chi connectivity index (χ1v) is 16.3. The van der Waals surface area contributed by atoms with Crippen LogP contribution in [0.15, 0.2) is 60.7 Å². The van der Waals surface area contributed by atoms with E-state index in [0.29, 0.717) is 0 Å². The number of hydrogen-bond donors (Lipinski definition) is 0. The summed E-state index contributed by atoms with van der Waals surface area (Å²) < 4.78 is 70.3. The third-order valence-corrected chi connectivity index (χ3v) is 7.76. The van der Waals surface area contributed by atoms with E-state index in [2.05, 4.69) is 0 Å². The fraction of sp³-hybridized carbons (Fsp3) is 0.545. The summed E-state index contributed by atoms with van der Waals surface area (Å²) in [5, 5.41) is 0. The molecule has 2 aromatic carbocycles. The maximum atomic E-state index is 16.6. The summed E-state index contributed by atoms with van der Waals surface area (Å²) in [4.78, 5) is 38.9. The van der Waals surface area contributed by atoms with Crippen LogP contribution in [0.1, 0.15) is 62.3 Å². The summed E-state index contributed by atoms with van der Waals surface area (Å²) in [6.45, 7) is 13.8. The van der Waals surface area contributed by atoms with Crippen LogP contribution in [0.5, 0.6) is 11.5 Å². The topological polar surface area (TPSA) is 133 Å². The minimum absolute atomic E-state index is 0.0799. The number of hydrogen-bond acceptors (Lipinski definition) is 11. The number of ether oxygens (including phenoxy) is 4. The van der Waals surface area contributed by atoms with Gasteiger partial charge in [-0.3, -0.25) is 14.4 Å². The number of phosphoric acid groups is 1. The molecule has 0 amide bonds. The van der Waals surface area contributed by atoms with Crippen molar-refractivity contribution in [3.8, 4) is 11.5 Å². The molecular weight excluding hydrogens is 622 g/mol. The van der Waals surface area contributed by atoms with Gasteiger partial charge >= 0.3 is 25.7 Å². The number of carbonyl (C=O) groups is 3. The summed E-state index contributed by atoms with van der Waals surface area (Å²) in [6.07, 6.45) is -9.32. The molecule has 3 rings (SSSR count). The maximum absolute atomic E-state index is 16.6. The number of benzene rings is 2. The van der Waals surface area contributed by atoms with Crippen LogP contribution in [-0.4, -0.2) is 55.3 Å². The lowest BCUT2D eigenvalue weighted by molar-refractivity contribution is -0.278. The maximum Gasteiger partial charge on any atom is 0.590 e. The number of phosphoric ester groups is 1. The van der Waals surface area contributed by atoms with Crippen molar-refractivity contribution in [3.05, 3.63) is 60.7 Å². The van der Waals surface area contributed by atoms with Gasteiger partial charge in [-0.05, 0) is 86.6 Å². The molecule has 0 radical (unpaired) electrons. The van der Waals surface area contributed by atoms with Crippen LogP contribution in [0.4, 0.5) is 4.39 Å². The van der Waals surface area contributed by atoms with Crippen molar-refractivity contribution in [1.82, 2.24) is 0 Å². The molecule has 0 unspecified atom stereocenters. The standard InChI is InChI=1S/C33H44FO11P/c1-31(2,3)28(35)39-20-23-25(41-29(36)32(4,5)6)26(42-30(37)33(7,8)9)24(34)27(40-23)45-46(38,43-21-16-12-10-13-17-21)44-22-18-14-11-15-19-22/h10-19,23-27H,20H2,1-9H3/t23-,24-,25-,26-,27+/m1/s1. The van der Waals surface area contributed by atoms with Crippen molar-refractivity contribution in [2.24, 2.45) is 16.2 Å². The van der Waals surface area contributed by atoms with Crippen molar-refractivity contribution >= 4 is 25.7 Å². The first kappa shape index (κ1) is 37.0. The van der Waals surface area contributed by atoms with E-state index in [1.807, 2.05) is 0 Å². The molecule has 254 valence electrons. The highest BCUT2D eigenvalue weighted by molar-refractivity contribution is 7.49. The Morgan fingerprint density at radius 2 is 1.11 bits per heavy atom. The van der Waals surface area contributed by atoms with Crippen molar-refractivity contribution in [1.29, 1.82) is 0 Å². The second-order valence-electron chi connectivity index (χ2n) is 13.9. The van der Waals surface area contributed by atoms with E-state index in [1.165, 1.54) is 24.3 Å². The van der Waals surface area contributed by atoms with Crippen LogP contribution in [0.2, 0.25) is 0 Å². The first-order valence-electron chi connectivity index (χ1n) is 14.9. The van der Waals surface area contributed by atoms with Gasteiger partial charge < -0.3 is 28.0 Å². The van der Waals surface area contributed by atoms with E-state index in [4.69, 9.17) is 32.5 Å². The van der Waals surface area contributed by atoms with Gasteiger partial charge in [0.15, 0.2) is 18.4 Å². The van der Waals surface area contributed by atoms with Crippen LogP contribution < -0.4 is 9.05 Å². The van der Waals surface area contributed by atoms with E-state index in [0.717, 1.165) is 0 Å². The SMILES string of the molecule is CC(C)(C)C(=O)OC[C@H]1O[C@@H](OP(=O)(Oc2ccccc2)Oc2ccccc2)[C@H](F)[C@@H](OC(=O)C(C)(C)C)[C@@H]1OC(=O)C(C)(C)C. The highest BCUT2D eigenvalue weighted by Gasteiger charge is 2.55. The van der Waals surface area contributed by atoms with Gasteiger partial charge in [-0.1, -0.05) is 36.4 Å². The quantitative estimate of drug-likeness (QED) is 0.150. The fourth-order valence-electron chi connectivity index (χ4n) is 3.75. The van der Waals surface area contributed by atoms with Crippen molar-refractivity contribution < 1.29 is 55.9 Å². The second kappa shape index (κ2) is 14.5.